The van der Waals surface area contributed by atoms with Crippen molar-refractivity contribution in [3.8, 4) is 0 Å². The molecule has 0 aromatic carbocycles. The number of ether oxygens (including phenoxy) is 3. The Morgan fingerprint density at radius 3 is 0.859 bits per heavy atom. The van der Waals surface area contributed by atoms with Gasteiger partial charge in [0.2, 0.25) is 0 Å². The van der Waals surface area contributed by atoms with Crippen LogP contribution < -0.4 is 0 Å². The molecule has 0 aliphatic rings. The van der Waals surface area contributed by atoms with E-state index in [4.69, 9.17) is 14.2 Å². The van der Waals surface area contributed by atoms with Crippen molar-refractivity contribution in [3.63, 3.8) is 0 Å². The molecule has 0 bridgehead atoms. The SMILES string of the molecule is CC/C=C\C/C=C\C/C=C\C/C=C\CCCCCCCCCCCCCCCCCCC(=O)OCC(COC(=O)CCCCCCCCC)OC(=O)CCCCCCCCCCCCCCCCCCC. The fraction of sp³-hybridized carbons (Fsp3) is 0.831. The maximum atomic E-state index is 12.8. The molecule has 0 heterocycles. The number of allylic oxidation sites excluding steroid dienone is 8. The first-order chi connectivity index (χ1) is 35.0. The molecule has 0 N–H and O–H groups in total. The van der Waals surface area contributed by atoms with Crippen molar-refractivity contribution < 1.29 is 28.6 Å². The quantitative estimate of drug-likeness (QED) is 0.0261. The molecule has 414 valence electrons. The first kappa shape index (κ1) is 68.4. The highest BCUT2D eigenvalue weighted by atomic mass is 16.6. The Balaban J connectivity index is 4.04. The van der Waals surface area contributed by atoms with Crippen LogP contribution in [0.25, 0.3) is 0 Å². The third-order valence-electron chi connectivity index (χ3n) is 13.8. The summed E-state index contributed by atoms with van der Waals surface area (Å²) < 4.78 is 16.8. The summed E-state index contributed by atoms with van der Waals surface area (Å²) in [6, 6.07) is 0. The summed E-state index contributed by atoms with van der Waals surface area (Å²) >= 11 is 0. The van der Waals surface area contributed by atoms with E-state index < -0.39 is 6.10 Å². The zero-order chi connectivity index (χ0) is 51.4. The van der Waals surface area contributed by atoms with Gasteiger partial charge in [0.1, 0.15) is 13.2 Å². The summed E-state index contributed by atoms with van der Waals surface area (Å²) in [5, 5.41) is 0. The molecule has 0 aliphatic heterocycles. The minimum absolute atomic E-state index is 0.0674. The molecule has 0 rings (SSSR count). The van der Waals surface area contributed by atoms with E-state index in [0.29, 0.717) is 19.3 Å². The van der Waals surface area contributed by atoms with Gasteiger partial charge in [0.25, 0.3) is 0 Å². The molecule has 0 amide bonds. The first-order valence-electron chi connectivity index (χ1n) is 31.1. The average Bonchev–Trinajstić information content (AvgIpc) is 3.37. The Labute approximate surface area is 441 Å². The van der Waals surface area contributed by atoms with Crippen molar-refractivity contribution in [3.05, 3.63) is 48.6 Å². The molecule has 71 heavy (non-hydrogen) atoms. The van der Waals surface area contributed by atoms with Crippen LogP contribution in [-0.4, -0.2) is 37.2 Å². The Kier molecular flexibility index (Phi) is 57.7. The second-order valence-electron chi connectivity index (χ2n) is 21.0. The maximum Gasteiger partial charge on any atom is 0.306 e. The van der Waals surface area contributed by atoms with Crippen molar-refractivity contribution >= 4 is 17.9 Å². The Bertz CT molecular complexity index is 1230. The van der Waals surface area contributed by atoms with E-state index >= 15 is 0 Å². The summed E-state index contributed by atoms with van der Waals surface area (Å²) in [5.41, 5.74) is 0. The summed E-state index contributed by atoms with van der Waals surface area (Å²) in [7, 11) is 0. The molecule has 0 aliphatic carbocycles. The fourth-order valence-electron chi connectivity index (χ4n) is 9.20. The van der Waals surface area contributed by atoms with Crippen molar-refractivity contribution in [2.45, 2.75) is 335 Å². The van der Waals surface area contributed by atoms with Gasteiger partial charge < -0.3 is 14.2 Å². The van der Waals surface area contributed by atoms with Crippen LogP contribution in [-0.2, 0) is 28.6 Å². The third kappa shape index (κ3) is 58.1. The van der Waals surface area contributed by atoms with Gasteiger partial charge in [-0.25, -0.2) is 0 Å². The molecule has 0 fully saturated rings. The number of rotatable bonds is 57. The lowest BCUT2D eigenvalue weighted by Crippen LogP contribution is -2.30. The molecule has 0 saturated heterocycles. The van der Waals surface area contributed by atoms with Crippen LogP contribution in [0.2, 0.25) is 0 Å². The number of unbranched alkanes of at least 4 members (excludes halogenated alkanes) is 38. The molecule has 6 heteroatoms. The lowest BCUT2D eigenvalue weighted by Gasteiger charge is -2.18. The van der Waals surface area contributed by atoms with Crippen molar-refractivity contribution in [2.75, 3.05) is 13.2 Å². The second-order valence-corrected chi connectivity index (χ2v) is 21.0. The predicted molar refractivity (Wildman–Crippen MR) is 307 cm³/mol. The van der Waals surface area contributed by atoms with Gasteiger partial charge in [0, 0.05) is 19.3 Å². The van der Waals surface area contributed by atoms with Crippen molar-refractivity contribution in [1.82, 2.24) is 0 Å². The second kappa shape index (κ2) is 59.9. The fourth-order valence-corrected chi connectivity index (χ4v) is 9.20. The molecular formula is C65H118O6. The minimum Gasteiger partial charge on any atom is -0.462 e. The number of carbonyl (C=O) groups excluding carboxylic acids is 3. The molecule has 0 aromatic heterocycles. The van der Waals surface area contributed by atoms with Crippen LogP contribution in [0.1, 0.15) is 329 Å². The van der Waals surface area contributed by atoms with Gasteiger partial charge in [0.15, 0.2) is 6.10 Å². The van der Waals surface area contributed by atoms with Crippen LogP contribution in [0.5, 0.6) is 0 Å². The maximum absolute atomic E-state index is 12.8. The van der Waals surface area contributed by atoms with Gasteiger partial charge >= 0.3 is 17.9 Å². The highest BCUT2D eigenvalue weighted by Gasteiger charge is 2.19. The summed E-state index contributed by atoms with van der Waals surface area (Å²) in [6.45, 7) is 6.53. The standard InChI is InChI=1S/C65H118O6/c1-4-7-10-13-16-18-20-22-24-26-27-28-29-30-31-32-33-34-35-36-37-39-40-42-44-46-49-52-55-58-64(67)70-61-62(60-69-63(66)57-54-51-48-15-12-9-6-3)71-65(68)59-56-53-50-47-45-43-41-38-25-23-21-19-17-14-11-8-5-2/h7,10,16,18,22,24,27-28,62H,4-6,8-9,11-15,17,19-21,23,25-26,29-61H2,1-3H3/b10-7-,18-16-,24-22-,28-27-. The highest BCUT2D eigenvalue weighted by molar-refractivity contribution is 5.71. The van der Waals surface area contributed by atoms with E-state index in [-0.39, 0.29) is 31.1 Å². The molecule has 0 spiro atoms. The Morgan fingerprint density at radius 2 is 0.549 bits per heavy atom. The molecule has 0 aromatic rings. The molecule has 6 nitrogen and oxygen atoms in total. The van der Waals surface area contributed by atoms with Crippen LogP contribution in [0.3, 0.4) is 0 Å². The third-order valence-corrected chi connectivity index (χ3v) is 13.8. The molecule has 1 unspecified atom stereocenters. The molecule has 0 saturated carbocycles. The van der Waals surface area contributed by atoms with Gasteiger partial charge in [-0.15, -0.1) is 0 Å². The topological polar surface area (TPSA) is 78.9 Å². The minimum atomic E-state index is -0.766. The number of hydrogen-bond donors (Lipinski definition) is 0. The predicted octanol–water partition coefficient (Wildman–Crippen LogP) is 21.0. The summed E-state index contributed by atoms with van der Waals surface area (Å²) in [4.78, 5) is 38.0. The molecular weight excluding hydrogens is 877 g/mol. The van der Waals surface area contributed by atoms with Gasteiger partial charge in [-0.1, -0.05) is 301 Å². The Morgan fingerprint density at radius 1 is 0.296 bits per heavy atom. The van der Waals surface area contributed by atoms with E-state index in [1.54, 1.807) is 0 Å². The number of hydrogen-bond acceptors (Lipinski definition) is 6. The van der Waals surface area contributed by atoms with E-state index in [1.165, 1.54) is 205 Å². The monoisotopic (exact) mass is 995 g/mol. The average molecular weight is 996 g/mol. The lowest BCUT2D eigenvalue weighted by molar-refractivity contribution is -0.167. The van der Waals surface area contributed by atoms with E-state index in [2.05, 4.69) is 69.4 Å². The Hall–Kier alpha value is -2.63. The van der Waals surface area contributed by atoms with E-state index in [1.807, 2.05) is 0 Å². The van der Waals surface area contributed by atoms with Gasteiger partial charge in [-0.05, 0) is 57.8 Å². The summed E-state index contributed by atoms with van der Waals surface area (Å²) in [6.07, 6.45) is 74.3. The normalized spacial score (nSPS) is 12.3. The van der Waals surface area contributed by atoms with Gasteiger partial charge in [-0.2, -0.15) is 0 Å². The number of esters is 3. The molecule has 0 radical (unpaired) electrons. The zero-order valence-electron chi connectivity index (χ0n) is 47.5. The van der Waals surface area contributed by atoms with Crippen LogP contribution in [0, 0.1) is 0 Å². The smallest absolute Gasteiger partial charge is 0.306 e. The van der Waals surface area contributed by atoms with Crippen LogP contribution in [0.15, 0.2) is 48.6 Å². The lowest BCUT2D eigenvalue weighted by atomic mass is 10.0. The van der Waals surface area contributed by atoms with E-state index in [0.717, 1.165) is 83.5 Å². The van der Waals surface area contributed by atoms with Gasteiger partial charge in [-0.3, -0.25) is 14.4 Å². The highest BCUT2D eigenvalue weighted by Crippen LogP contribution is 2.17. The van der Waals surface area contributed by atoms with E-state index in [9.17, 15) is 14.4 Å². The van der Waals surface area contributed by atoms with Crippen LogP contribution >= 0.6 is 0 Å². The van der Waals surface area contributed by atoms with Crippen LogP contribution in [0.4, 0.5) is 0 Å². The molecule has 1 atom stereocenters. The summed E-state index contributed by atoms with van der Waals surface area (Å²) in [5.74, 6) is -0.854. The van der Waals surface area contributed by atoms with Crippen molar-refractivity contribution in [1.29, 1.82) is 0 Å². The largest absolute Gasteiger partial charge is 0.462 e. The number of carbonyl (C=O) groups is 3. The first-order valence-corrected chi connectivity index (χ1v) is 31.1. The van der Waals surface area contributed by atoms with Crippen molar-refractivity contribution in [2.24, 2.45) is 0 Å². The van der Waals surface area contributed by atoms with Gasteiger partial charge in [0.05, 0.1) is 0 Å². The zero-order valence-corrected chi connectivity index (χ0v) is 47.5.